The molecule has 0 amide bonds. The highest BCUT2D eigenvalue weighted by Gasteiger charge is 2.19. The van der Waals surface area contributed by atoms with Crippen molar-refractivity contribution < 1.29 is 0 Å². The minimum absolute atomic E-state index is 0.106. The Hall–Kier alpha value is -1.25. The second kappa shape index (κ2) is 4.51. The number of allylic oxidation sites excluding steroid dienone is 3. The molecule has 1 aliphatic carbocycles. The van der Waals surface area contributed by atoms with Crippen molar-refractivity contribution in [2.75, 3.05) is 12.8 Å². The highest BCUT2D eigenvalue weighted by atomic mass is 31.1. The molecule has 0 aromatic heterocycles. The van der Waals surface area contributed by atoms with Gasteiger partial charge in [0, 0.05) is 12.3 Å². The predicted molar refractivity (Wildman–Crippen MR) is 69.4 cm³/mol. The Morgan fingerprint density at radius 2 is 2.47 bits per heavy atom. The fraction of sp³-hybridized carbons (Fsp3) is 0.308. The number of nitrogens with one attached hydrogen (secondary N) is 1. The number of hydrogen-bond acceptors (Lipinski definition) is 1. The fourth-order valence-corrected chi connectivity index (χ4v) is 2.62. The normalized spacial score (nSPS) is 27.8. The molecule has 1 nitrogen and oxygen atoms in total. The highest BCUT2D eigenvalue weighted by Crippen LogP contribution is 2.24. The summed E-state index contributed by atoms with van der Waals surface area (Å²) in [6, 6.07) is 0.339. The van der Waals surface area contributed by atoms with Crippen LogP contribution >= 0.6 is 7.55 Å². The van der Waals surface area contributed by atoms with Crippen LogP contribution in [0, 0.1) is 17.8 Å². The Labute approximate surface area is 92.3 Å². The molecule has 1 heterocycles. The Balaban J connectivity index is 2.16. The van der Waals surface area contributed by atoms with Crippen LogP contribution in [0.5, 0.6) is 0 Å². The summed E-state index contributed by atoms with van der Waals surface area (Å²) in [5.74, 6) is 6.55. The molecular formula is C13H15NP+. The van der Waals surface area contributed by atoms with Gasteiger partial charge in [-0.05, 0) is 5.57 Å². The molecule has 0 spiro atoms. The van der Waals surface area contributed by atoms with Crippen molar-refractivity contribution >= 4 is 13.8 Å². The quantitative estimate of drug-likeness (QED) is 0.551. The van der Waals surface area contributed by atoms with Crippen LogP contribution in [0.15, 0.2) is 36.1 Å². The molecule has 0 saturated carbocycles. The van der Waals surface area contributed by atoms with Crippen molar-refractivity contribution in [3.63, 3.8) is 0 Å². The standard InChI is InChI=1S/C13H15NP/c1-15(2)10-11-6-7-12-5-3-4-8-14-13(12)9-11/h4,6-9,12-14H,1,10H2,2H3/q+1. The van der Waals surface area contributed by atoms with Gasteiger partial charge in [-0.25, -0.2) is 0 Å². The SMILES string of the molecule is C=[P+](C)CC1=CC2NC=CC#CC2C=C1. The van der Waals surface area contributed by atoms with Crippen LogP contribution in [0.3, 0.4) is 0 Å². The third-order valence-electron chi connectivity index (χ3n) is 2.46. The van der Waals surface area contributed by atoms with Gasteiger partial charge in [-0.2, -0.15) is 0 Å². The van der Waals surface area contributed by atoms with Gasteiger partial charge in [-0.3, -0.25) is 0 Å². The topological polar surface area (TPSA) is 12.0 Å². The zero-order valence-electron chi connectivity index (χ0n) is 8.90. The summed E-state index contributed by atoms with van der Waals surface area (Å²) in [5, 5.41) is 3.34. The van der Waals surface area contributed by atoms with Gasteiger partial charge < -0.3 is 5.32 Å². The molecule has 1 aliphatic heterocycles. The summed E-state index contributed by atoms with van der Waals surface area (Å²) in [7, 11) is -0.106. The molecule has 2 rings (SSSR count). The van der Waals surface area contributed by atoms with Gasteiger partial charge in [0.05, 0.1) is 32.5 Å². The van der Waals surface area contributed by atoms with Gasteiger partial charge in [-0.15, -0.1) is 0 Å². The Bertz CT molecular complexity index is 418. The lowest BCUT2D eigenvalue weighted by molar-refractivity contribution is 0.616. The third-order valence-corrected chi connectivity index (χ3v) is 3.36. The van der Waals surface area contributed by atoms with E-state index in [0.29, 0.717) is 12.0 Å². The molecule has 0 radical (unpaired) electrons. The molecule has 2 heteroatoms. The minimum atomic E-state index is -0.106. The maximum Gasteiger partial charge on any atom is 0.130 e. The van der Waals surface area contributed by atoms with Crippen molar-refractivity contribution in [1.82, 2.24) is 5.32 Å². The van der Waals surface area contributed by atoms with Crippen LogP contribution in [-0.4, -0.2) is 25.2 Å². The lowest BCUT2D eigenvalue weighted by Gasteiger charge is -2.21. The maximum atomic E-state index is 4.08. The molecule has 0 bridgehead atoms. The van der Waals surface area contributed by atoms with E-state index in [1.54, 1.807) is 0 Å². The van der Waals surface area contributed by atoms with Crippen LogP contribution in [0.4, 0.5) is 0 Å². The van der Waals surface area contributed by atoms with Gasteiger partial charge in [0.2, 0.25) is 0 Å². The van der Waals surface area contributed by atoms with Crippen molar-refractivity contribution in [2.24, 2.45) is 5.92 Å². The minimum Gasteiger partial charge on any atom is -0.383 e. The highest BCUT2D eigenvalue weighted by molar-refractivity contribution is 7.55. The molecule has 1 N–H and O–H groups in total. The van der Waals surface area contributed by atoms with Gasteiger partial charge in [0.15, 0.2) is 0 Å². The first kappa shape index (κ1) is 10.3. The van der Waals surface area contributed by atoms with Gasteiger partial charge >= 0.3 is 0 Å². The zero-order chi connectivity index (χ0) is 10.7. The molecule has 76 valence electrons. The van der Waals surface area contributed by atoms with E-state index in [4.69, 9.17) is 0 Å². The molecule has 0 aromatic rings. The first-order valence-corrected chi connectivity index (χ1v) is 7.24. The second-order valence-electron chi connectivity index (χ2n) is 3.96. The maximum absolute atomic E-state index is 4.08. The van der Waals surface area contributed by atoms with E-state index < -0.39 is 0 Å². The Morgan fingerprint density at radius 3 is 3.27 bits per heavy atom. The van der Waals surface area contributed by atoms with Crippen LogP contribution in [0.2, 0.25) is 0 Å². The zero-order valence-corrected chi connectivity index (χ0v) is 9.80. The molecule has 15 heavy (non-hydrogen) atoms. The monoisotopic (exact) mass is 216 g/mol. The van der Waals surface area contributed by atoms with E-state index in [1.807, 2.05) is 12.3 Å². The van der Waals surface area contributed by atoms with E-state index in [0.717, 1.165) is 6.16 Å². The van der Waals surface area contributed by atoms with E-state index in [1.165, 1.54) is 5.57 Å². The van der Waals surface area contributed by atoms with Gasteiger partial charge in [0.1, 0.15) is 6.16 Å². The third kappa shape index (κ3) is 2.61. The fourth-order valence-electron chi connectivity index (χ4n) is 1.79. The summed E-state index contributed by atoms with van der Waals surface area (Å²) in [6.07, 6.45) is 15.7. The van der Waals surface area contributed by atoms with Crippen molar-refractivity contribution in [3.05, 3.63) is 36.1 Å². The summed E-state index contributed by atoms with van der Waals surface area (Å²) in [5.41, 5.74) is 1.39. The van der Waals surface area contributed by atoms with Gasteiger partial charge in [-0.1, -0.05) is 30.1 Å². The predicted octanol–water partition coefficient (Wildman–Crippen LogP) is 2.13. The van der Waals surface area contributed by atoms with E-state index in [2.05, 4.69) is 48.3 Å². The average Bonchev–Trinajstić information content (AvgIpc) is 2.41. The summed E-state index contributed by atoms with van der Waals surface area (Å²) in [4.78, 5) is 0. The van der Waals surface area contributed by atoms with Gasteiger partial charge in [0.25, 0.3) is 0 Å². The average molecular weight is 216 g/mol. The Kier molecular flexibility index (Phi) is 3.09. The van der Waals surface area contributed by atoms with E-state index in [-0.39, 0.29) is 7.55 Å². The number of hydrogen-bond donors (Lipinski definition) is 1. The molecule has 3 atom stereocenters. The van der Waals surface area contributed by atoms with Crippen molar-refractivity contribution in [3.8, 4) is 11.8 Å². The lowest BCUT2D eigenvalue weighted by Crippen LogP contribution is -2.30. The molecule has 0 saturated heterocycles. The van der Waals surface area contributed by atoms with Crippen LogP contribution < -0.4 is 5.32 Å². The van der Waals surface area contributed by atoms with Crippen LogP contribution in [0.1, 0.15) is 0 Å². The van der Waals surface area contributed by atoms with Crippen LogP contribution in [-0.2, 0) is 0 Å². The smallest absolute Gasteiger partial charge is 0.130 e. The summed E-state index contributed by atoms with van der Waals surface area (Å²) < 4.78 is 0. The molecule has 0 aromatic carbocycles. The number of fused-ring (bicyclic) bond motifs is 1. The summed E-state index contributed by atoms with van der Waals surface area (Å²) in [6.45, 7) is 2.20. The molecule has 3 unspecified atom stereocenters. The first-order chi connectivity index (χ1) is 7.25. The van der Waals surface area contributed by atoms with Crippen LogP contribution in [0.25, 0.3) is 0 Å². The molecule has 2 aliphatic rings. The largest absolute Gasteiger partial charge is 0.383 e. The first-order valence-electron chi connectivity index (χ1n) is 5.08. The summed E-state index contributed by atoms with van der Waals surface area (Å²) >= 11 is 0. The van der Waals surface area contributed by atoms with E-state index in [9.17, 15) is 0 Å². The van der Waals surface area contributed by atoms with Crippen molar-refractivity contribution in [1.29, 1.82) is 0 Å². The molecule has 0 fully saturated rings. The Morgan fingerprint density at radius 1 is 1.60 bits per heavy atom. The number of rotatable bonds is 2. The lowest BCUT2D eigenvalue weighted by atomic mass is 9.93. The van der Waals surface area contributed by atoms with E-state index >= 15 is 0 Å². The molecular weight excluding hydrogens is 201 g/mol. The second-order valence-corrected chi connectivity index (χ2v) is 5.98. The van der Waals surface area contributed by atoms with Crippen molar-refractivity contribution in [2.45, 2.75) is 6.04 Å².